The molecule has 0 aromatic heterocycles. The summed E-state index contributed by atoms with van der Waals surface area (Å²) in [6.07, 6.45) is 2.30. The zero-order chi connectivity index (χ0) is 18.7. The maximum Gasteiger partial charge on any atom is 0.179 e. The molecule has 27 heavy (non-hydrogen) atoms. The van der Waals surface area contributed by atoms with Crippen molar-refractivity contribution in [3.05, 3.63) is 71.8 Å². The van der Waals surface area contributed by atoms with Gasteiger partial charge in [-0.3, -0.25) is 4.90 Å². The summed E-state index contributed by atoms with van der Waals surface area (Å²) in [5, 5.41) is 0. The number of piperidine rings is 3. The summed E-state index contributed by atoms with van der Waals surface area (Å²) in [7, 11) is 3.54. The van der Waals surface area contributed by atoms with Crippen molar-refractivity contribution in [2.24, 2.45) is 5.92 Å². The van der Waals surface area contributed by atoms with E-state index in [1.807, 2.05) is 36.4 Å². The first-order chi connectivity index (χ1) is 13.2. The van der Waals surface area contributed by atoms with Gasteiger partial charge in [-0.05, 0) is 25.9 Å². The van der Waals surface area contributed by atoms with Crippen molar-refractivity contribution in [2.75, 3.05) is 33.9 Å². The zero-order valence-corrected chi connectivity index (χ0v) is 16.2. The van der Waals surface area contributed by atoms with Crippen LogP contribution >= 0.6 is 0 Å². The molecule has 0 saturated carbocycles. The molecule has 1 atom stereocenters. The van der Waals surface area contributed by atoms with Crippen LogP contribution in [0.3, 0.4) is 0 Å². The molecular weight excluding hydrogens is 334 g/mol. The number of fused-ring (bicyclic) bond motifs is 3. The van der Waals surface area contributed by atoms with Gasteiger partial charge in [0, 0.05) is 37.8 Å². The first-order valence-electron chi connectivity index (χ1n) is 9.70. The molecule has 2 bridgehead atoms. The lowest BCUT2D eigenvalue weighted by molar-refractivity contribution is -0.0965. The Labute approximate surface area is 162 Å². The van der Waals surface area contributed by atoms with Crippen LogP contribution in [0.4, 0.5) is 0 Å². The minimum absolute atomic E-state index is 0.413. The summed E-state index contributed by atoms with van der Waals surface area (Å²) >= 11 is 0. The Morgan fingerprint density at radius 1 is 0.926 bits per heavy atom. The standard InChI is InChI=1S/C24H27NO2/c1-26-23(19-25-17-13-20(23)14-18-25)15-16-24(27-2,21-9-5-3-6-10-21)22-11-7-4-8-12-22/h3-12,20H,13-14,17-19H2,1-2H3/t23-/m1/s1. The first kappa shape index (κ1) is 18.3. The quantitative estimate of drug-likeness (QED) is 0.775. The van der Waals surface area contributed by atoms with Crippen LogP contribution in [0.1, 0.15) is 24.0 Å². The maximum atomic E-state index is 6.13. The van der Waals surface area contributed by atoms with Crippen molar-refractivity contribution < 1.29 is 9.47 Å². The van der Waals surface area contributed by atoms with E-state index in [9.17, 15) is 0 Å². The predicted octanol–water partition coefficient (Wildman–Crippen LogP) is 3.69. The first-order valence-corrected chi connectivity index (χ1v) is 9.70. The summed E-state index contributed by atoms with van der Waals surface area (Å²) in [5.41, 5.74) is 0.863. The largest absolute Gasteiger partial charge is 0.364 e. The van der Waals surface area contributed by atoms with E-state index >= 15 is 0 Å². The molecule has 0 aliphatic carbocycles. The average molecular weight is 361 g/mol. The summed E-state index contributed by atoms with van der Waals surface area (Å²) < 4.78 is 12.2. The molecule has 0 amide bonds. The topological polar surface area (TPSA) is 21.7 Å². The van der Waals surface area contributed by atoms with Crippen LogP contribution in [0.15, 0.2) is 60.7 Å². The van der Waals surface area contributed by atoms with Crippen molar-refractivity contribution in [1.29, 1.82) is 0 Å². The van der Waals surface area contributed by atoms with E-state index < -0.39 is 11.2 Å². The van der Waals surface area contributed by atoms with Crippen molar-refractivity contribution in [1.82, 2.24) is 4.90 Å². The molecule has 140 valence electrons. The number of hydrogen-bond donors (Lipinski definition) is 0. The second kappa shape index (κ2) is 7.48. The second-order valence-corrected chi connectivity index (χ2v) is 7.51. The molecule has 0 spiro atoms. The van der Waals surface area contributed by atoms with Gasteiger partial charge in [-0.2, -0.15) is 0 Å². The van der Waals surface area contributed by atoms with Crippen molar-refractivity contribution in [3.63, 3.8) is 0 Å². The Morgan fingerprint density at radius 3 is 1.89 bits per heavy atom. The minimum atomic E-state index is -0.805. The highest BCUT2D eigenvalue weighted by atomic mass is 16.5. The Morgan fingerprint density at radius 2 is 1.48 bits per heavy atom. The Balaban J connectivity index is 1.83. The van der Waals surface area contributed by atoms with Gasteiger partial charge < -0.3 is 9.47 Å². The van der Waals surface area contributed by atoms with E-state index in [1.54, 1.807) is 14.2 Å². The monoisotopic (exact) mass is 361 g/mol. The Kier molecular flexibility index (Phi) is 5.06. The molecule has 3 heteroatoms. The van der Waals surface area contributed by atoms with Gasteiger partial charge in [0.15, 0.2) is 5.60 Å². The van der Waals surface area contributed by atoms with Crippen LogP contribution in [0.25, 0.3) is 0 Å². The van der Waals surface area contributed by atoms with E-state index in [4.69, 9.17) is 9.47 Å². The van der Waals surface area contributed by atoms with Gasteiger partial charge in [0.2, 0.25) is 0 Å². The van der Waals surface area contributed by atoms with E-state index in [0.717, 1.165) is 43.6 Å². The van der Waals surface area contributed by atoms with Crippen LogP contribution in [0.5, 0.6) is 0 Å². The van der Waals surface area contributed by atoms with Gasteiger partial charge in [-0.15, -0.1) is 0 Å². The second-order valence-electron chi connectivity index (χ2n) is 7.51. The van der Waals surface area contributed by atoms with Gasteiger partial charge in [-0.1, -0.05) is 72.5 Å². The van der Waals surface area contributed by atoms with Crippen LogP contribution in [0, 0.1) is 17.8 Å². The fourth-order valence-electron chi connectivity index (χ4n) is 4.58. The fourth-order valence-corrected chi connectivity index (χ4v) is 4.58. The van der Waals surface area contributed by atoms with Crippen molar-refractivity contribution in [2.45, 2.75) is 24.0 Å². The van der Waals surface area contributed by atoms with Crippen molar-refractivity contribution >= 4 is 0 Å². The third kappa shape index (κ3) is 3.19. The third-order valence-electron chi connectivity index (χ3n) is 6.19. The van der Waals surface area contributed by atoms with Gasteiger partial charge in [0.05, 0.1) is 0 Å². The molecule has 0 radical (unpaired) electrons. The Bertz CT molecular complexity index is 776. The smallest absolute Gasteiger partial charge is 0.179 e. The minimum Gasteiger partial charge on any atom is -0.364 e. The molecule has 3 heterocycles. The SMILES string of the molecule is COC(C#C[C@@]1(OC)CN2CCC1CC2)(c1ccccc1)c1ccccc1. The van der Waals surface area contributed by atoms with Crippen LogP contribution < -0.4 is 0 Å². The summed E-state index contributed by atoms with van der Waals surface area (Å²) in [4.78, 5) is 2.47. The molecule has 0 unspecified atom stereocenters. The molecule has 5 rings (SSSR count). The van der Waals surface area contributed by atoms with Gasteiger partial charge in [0.25, 0.3) is 0 Å². The summed E-state index contributed by atoms with van der Waals surface area (Å²) in [5.74, 6) is 7.59. The number of hydrogen-bond acceptors (Lipinski definition) is 3. The number of benzene rings is 2. The van der Waals surface area contributed by atoms with E-state index in [1.165, 1.54) is 0 Å². The van der Waals surface area contributed by atoms with E-state index in [-0.39, 0.29) is 0 Å². The lowest BCUT2D eigenvalue weighted by atomic mass is 9.74. The number of methoxy groups -OCH3 is 2. The molecule has 0 N–H and O–H groups in total. The number of nitrogens with zero attached hydrogens (tertiary/aromatic N) is 1. The number of rotatable bonds is 4. The van der Waals surface area contributed by atoms with Gasteiger partial charge in [0.1, 0.15) is 5.60 Å². The van der Waals surface area contributed by atoms with Crippen LogP contribution in [-0.4, -0.2) is 44.4 Å². The third-order valence-corrected chi connectivity index (χ3v) is 6.19. The van der Waals surface area contributed by atoms with E-state index in [0.29, 0.717) is 5.92 Å². The average Bonchev–Trinajstić information content (AvgIpc) is 2.77. The lowest BCUT2D eigenvalue weighted by Crippen LogP contribution is -2.59. The van der Waals surface area contributed by atoms with Crippen LogP contribution in [0.2, 0.25) is 0 Å². The molecule has 3 nitrogen and oxygen atoms in total. The molecule has 2 aromatic rings. The normalized spacial score (nSPS) is 27.0. The van der Waals surface area contributed by atoms with Gasteiger partial charge >= 0.3 is 0 Å². The number of ether oxygens (including phenoxy) is 2. The zero-order valence-electron chi connectivity index (χ0n) is 16.2. The maximum absolute atomic E-state index is 6.13. The molecule has 3 saturated heterocycles. The molecule has 3 aliphatic rings. The summed E-state index contributed by atoms with van der Waals surface area (Å²) in [6, 6.07) is 20.5. The predicted molar refractivity (Wildman–Crippen MR) is 107 cm³/mol. The fraction of sp³-hybridized carbons (Fsp3) is 0.417. The molecule has 3 fully saturated rings. The highest BCUT2D eigenvalue weighted by Gasteiger charge is 2.46. The molecule has 2 aromatic carbocycles. The molecular formula is C24H27NO2. The molecule has 3 aliphatic heterocycles. The lowest BCUT2D eigenvalue weighted by Gasteiger charge is -2.50. The van der Waals surface area contributed by atoms with E-state index in [2.05, 4.69) is 41.0 Å². The van der Waals surface area contributed by atoms with Gasteiger partial charge in [-0.25, -0.2) is 0 Å². The summed E-state index contributed by atoms with van der Waals surface area (Å²) in [6.45, 7) is 3.19. The highest BCUT2D eigenvalue weighted by molar-refractivity contribution is 5.46. The highest BCUT2D eigenvalue weighted by Crippen LogP contribution is 2.39. The Hall–Kier alpha value is -2.12. The van der Waals surface area contributed by atoms with Crippen molar-refractivity contribution in [3.8, 4) is 11.8 Å². The van der Waals surface area contributed by atoms with Crippen LogP contribution in [-0.2, 0) is 15.1 Å².